The molecule has 5 nitrogen and oxygen atoms in total. The number of hydrogen-bond acceptors (Lipinski definition) is 2. The molecule has 6 heteroatoms. The van der Waals surface area contributed by atoms with Crippen LogP contribution >= 0.6 is 0 Å². The number of amides is 1. The molecule has 0 aliphatic carbocycles. The molecule has 2 aromatic carbocycles. The van der Waals surface area contributed by atoms with E-state index in [0.717, 1.165) is 57.1 Å². The molecular weight excluding hydrogens is 369 g/mol. The lowest BCUT2D eigenvalue weighted by molar-refractivity contribution is -1.02. The minimum Gasteiger partial charge on any atom is -0.493 e. The number of nitrogens with one attached hydrogen (secondary N) is 2. The number of fused-ring (bicyclic) bond motifs is 1. The lowest BCUT2D eigenvalue weighted by atomic mass is 10.1. The van der Waals surface area contributed by atoms with Crippen LogP contribution in [0.15, 0.2) is 42.5 Å². The number of ether oxygens (including phenoxy) is 1. The summed E-state index contributed by atoms with van der Waals surface area (Å²) in [7, 11) is 1.82. The second-order valence-electron chi connectivity index (χ2n) is 8.27. The summed E-state index contributed by atoms with van der Waals surface area (Å²) in [6.07, 6.45) is 1.02. The topological polar surface area (TPSA) is 38.4 Å². The molecule has 0 aromatic heterocycles. The van der Waals surface area contributed by atoms with Crippen molar-refractivity contribution in [1.82, 2.24) is 4.90 Å². The van der Waals surface area contributed by atoms with Gasteiger partial charge in [-0.1, -0.05) is 12.1 Å². The van der Waals surface area contributed by atoms with Crippen LogP contribution in [0.2, 0.25) is 0 Å². The number of piperazine rings is 1. The van der Waals surface area contributed by atoms with Crippen molar-refractivity contribution in [1.29, 1.82) is 0 Å². The largest absolute Gasteiger partial charge is 0.493 e. The van der Waals surface area contributed by atoms with Crippen molar-refractivity contribution in [2.45, 2.75) is 19.5 Å². The summed E-state index contributed by atoms with van der Waals surface area (Å²) in [6.45, 7) is 7.08. The summed E-state index contributed by atoms with van der Waals surface area (Å²) in [5.41, 5.74) is 3.66. The molecule has 2 aliphatic heterocycles. The summed E-state index contributed by atoms with van der Waals surface area (Å²) < 4.78 is 18.6. The van der Waals surface area contributed by atoms with Crippen LogP contribution in [0.4, 0.5) is 4.39 Å². The van der Waals surface area contributed by atoms with Crippen LogP contribution in [0.3, 0.4) is 0 Å². The Kier molecular flexibility index (Phi) is 6.11. The van der Waals surface area contributed by atoms with E-state index < -0.39 is 0 Å². The van der Waals surface area contributed by atoms with Gasteiger partial charge in [-0.25, -0.2) is 4.39 Å². The van der Waals surface area contributed by atoms with E-state index in [-0.39, 0.29) is 11.7 Å². The average Bonchev–Trinajstić information content (AvgIpc) is 3.19. The first kappa shape index (κ1) is 19.9. The Labute approximate surface area is 171 Å². The third-order valence-electron chi connectivity index (χ3n) is 6.03. The van der Waals surface area contributed by atoms with E-state index in [1.54, 1.807) is 21.9 Å². The summed E-state index contributed by atoms with van der Waals surface area (Å²) >= 11 is 0. The lowest BCUT2D eigenvalue weighted by Crippen LogP contribution is -3.28. The van der Waals surface area contributed by atoms with Crippen LogP contribution in [-0.2, 0) is 24.3 Å². The summed E-state index contributed by atoms with van der Waals surface area (Å²) in [6, 6.07) is 12.9. The van der Waals surface area contributed by atoms with Crippen LogP contribution < -0.4 is 14.5 Å². The number of hydrogen-bond donors (Lipinski definition) is 2. The molecule has 2 heterocycles. The number of carbonyl (C=O) groups excluding carboxylic acids is 1. The van der Waals surface area contributed by atoms with Gasteiger partial charge in [-0.05, 0) is 41.5 Å². The fraction of sp³-hybridized carbons (Fsp3) is 0.435. The second kappa shape index (κ2) is 8.93. The number of rotatable bonds is 6. The maximum absolute atomic E-state index is 13.0. The third-order valence-corrected chi connectivity index (χ3v) is 6.03. The van der Waals surface area contributed by atoms with Crippen LogP contribution in [0, 0.1) is 5.82 Å². The second-order valence-corrected chi connectivity index (χ2v) is 8.27. The molecule has 0 spiro atoms. The van der Waals surface area contributed by atoms with Crippen molar-refractivity contribution in [2.75, 3.05) is 46.4 Å². The molecule has 2 aliphatic rings. The number of benzene rings is 2. The first-order valence-electron chi connectivity index (χ1n) is 10.5. The Morgan fingerprint density at radius 3 is 2.48 bits per heavy atom. The average molecular weight is 400 g/mol. The van der Waals surface area contributed by atoms with Gasteiger partial charge in [0.25, 0.3) is 5.91 Å². The highest BCUT2D eigenvalue weighted by atomic mass is 19.1. The smallest absolute Gasteiger partial charge is 0.277 e. The fourth-order valence-corrected chi connectivity index (χ4v) is 4.25. The minimum absolute atomic E-state index is 0.145. The van der Waals surface area contributed by atoms with Gasteiger partial charge in [0.15, 0.2) is 6.54 Å². The van der Waals surface area contributed by atoms with E-state index in [0.29, 0.717) is 13.1 Å². The van der Waals surface area contributed by atoms with Gasteiger partial charge in [0.1, 0.15) is 44.3 Å². The molecule has 1 amide bonds. The summed E-state index contributed by atoms with van der Waals surface area (Å²) in [5, 5.41) is 0. The zero-order valence-corrected chi connectivity index (χ0v) is 17.0. The SMILES string of the molecule is CN(Cc1ccc(F)cc1)C(=O)C[NH+]1CC[NH+](Cc2ccc3c(c2)CCO3)CC1. The number of halogens is 1. The van der Waals surface area contributed by atoms with Crippen molar-refractivity contribution >= 4 is 5.91 Å². The van der Waals surface area contributed by atoms with E-state index in [1.165, 1.54) is 28.2 Å². The van der Waals surface area contributed by atoms with Crippen molar-refractivity contribution in [2.24, 2.45) is 0 Å². The summed E-state index contributed by atoms with van der Waals surface area (Å²) in [5.74, 6) is 0.938. The molecule has 0 saturated carbocycles. The Bertz CT molecular complexity index is 848. The minimum atomic E-state index is -0.249. The molecule has 4 rings (SSSR count). The first-order chi connectivity index (χ1) is 14.1. The lowest BCUT2D eigenvalue weighted by Gasteiger charge is -2.30. The standard InChI is InChI=1S/C23H28FN3O2/c1-25(15-18-2-5-21(24)6-3-18)23(28)17-27-11-9-26(10-12-27)16-19-4-7-22-20(14-19)8-13-29-22/h2-7,14H,8-13,15-17H2,1H3/p+2. The third kappa shape index (κ3) is 5.14. The number of nitrogens with zero attached hydrogens (tertiary/aromatic N) is 1. The normalized spacial score (nSPS) is 20.8. The first-order valence-corrected chi connectivity index (χ1v) is 10.5. The number of quaternary nitrogens is 2. The summed E-state index contributed by atoms with van der Waals surface area (Å²) in [4.78, 5) is 17.3. The molecule has 2 N–H and O–H groups in total. The zero-order valence-electron chi connectivity index (χ0n) is 17.0. The predicted molar refractivity (Wildman–Crippen MR) is 108 cm³/mol. The molecule has 0 bridgehead atoms. The maximum Gasteiger partial charge on any atom is 0.277 e. The fourth-order valence-electron chi connectivity index (χ4n) is 4.25. The van der Waals surface area contributed by atoms with Gasteiger partial charge in [-0.15, -0.1) is 0 Å². The van der Waals surface area contributed by atoms with Crippen molar-refractivity contribution in [3.05, 3.63) is 65.0 Å². The van der Waals surface area contributed by atoms with Gasteiger partial charge in [-0.2, -0.15) is 0 Å². The molecule has 29 heavy (non-hydrogen) atoms. The maximum atomic E-state index is 13.0. The van der Waals surface area contributed by atoms with E-state index >= 15 is 0 Å². The molecular formula is C23H30FN3O2+2. The molecule has 2 aromatic rings. The van der Waals surface area contributed by atoms with Crippen LogP contribution in [0.25, 0.3) is 0 Å². The van der Waals surface area contributed by atoms with Crippen molar-refractivity contribution in [3.8, 4) is 5.75 Å². The molecule has 1 saturated heterocycles. The van der Waals surface area contributed by atoms with E-state index in [2.05, 4.69) is 18.2 Å². The van der Waals surface area contributed by atoms with Crippen LogP contribution in [0.5, 0.6) is 5.75 Å². The van der Waals surface area contributed by atoms with Crippen molar-refractivity contribution < 1.29 is 23.7 Å². The van der Waals surface area contributed by atoms with Gasteiger partial charge in [0.2, 0.25) is 0 Å². The van der Waals surface area contributed by atoms with Gasteiger partial charge in [-0.3, -0.25) is 4.79 Å². The molecule has 0 unspecified atom stereocenters. The Morgan fingerprint density at radius 2 is 1.72 bits per heavy atom. The van der Waals surface area contributed by atoms with Gasteiger partial charge in [0, 0.05) is 25.6 Å². The Morgan fingerprint density at radius 1 is 1.03 bits per heavy atom. The van der Waals surface area contributed by atoms with Crippen LogP contribution in [-0.4, -0.2) is 57.2 Å². The van der Waals surface area contributed by atoms with Crippen molar-refractivity contribution in [3.63, 3.8) is 0 Å². The Balaban J connectivity index is 1.22. The molecule has 1 fully saturated rings. The quantitative estimate of drug-likeness (QED) is 0.700. The number of carbonyl (C=O) groups is 1. The highest BCUT2D eigenvalue weighted by Gasteiger charge is 2.26. The van der Waals surface area contributed by atoms with E-state index in [4.69, 9.17) is 4.74 Å². The highest BCUT2D eigenvalue weighted by molar-refractivity contribution is 5.76. The van der Waals surface area contributed by atoms with E-state index in [9.17, 15) is 9.18 Å². The Hall–Kier alpha value is -2.44. The molecule has 154 valence electrons. The predicted octanol–water partition coefficient (Wildman–Crippen LogP) is -0.297. The monoisotopic (exact) mass is 399 g/mol. The number of likely N-dealkylation sites (N-methyl/N-ethyl adjacent to an activating group) is 1. The van der Waals surface area contributed by atoms with Gasteiger partial charge in [0.05, 0.1) is 6.61 Å². The van der Waals surface area contributed by atoms with Crippen LogP contribution in [0.1, 0.15) is 16.7 Å². The molecule has 0 radical (unpaired) electrons. The van der Waals surface area contributed by atoms with Gasteiger partial charge >= 0.3 is 0 Å². The van der Waals surface area contributed by atoms with Gasteiger partial charge < -0.3 is 19.4 Å². The van der Waals surface area contributed by atoms with E-state index in [1.807, 2.05) is 7.05 Å². The molecule has 0 atom stereocenters. The highest BCUT2D eigenvalue weighted by Crippen LogP contribution is 2.25. The zero-order chi connectivity index (χ0) is 20.2.